The summed E-state index contributed by atoms with van der Waals surface area (Å²) in [5, 5.41) is 0. The van der Waals surface area contributed by atoms with Crippen LogP contribution in [-0.2, 0) is 5.88 Å². The molecule has 0 aliphatic heterocycles. The van der Waals surface area contributed by atoms with Crippen molar-refractivity contribution in [2.24, 2.45) is 5.92 Å². The van der Waals surface area contributed by atoms with Crippen molar-refractivity contribution in [3.8, 4) is 0 Å². The zero-order valence-electron chi connectivity index (χ0n) is 12.5. The number of alkyl halides is 1. The molecule has 0 bridgehead atoms. The lowest BCUT2D eigenvalue weighted by atomic mass is 9.82. The van der Waals surface area contributed by atoms with E-state index in [9.17, 15) is 4.39 Å². The van der Waals surface area contributed by atoms with E-state index in [1.807, 2.05) is 6.07 Å². The van der Waals surface area contributed by atoms with Crippen molar-refractivity contribution in [2.75, 3.05) is 0 Å². The van der Waals surface area contributed by atoms with Gasteiger partial charge in [0.2, 0.25) is 0 Å². The van der Waals surface area contributed by atoms with E-state index in [2.05, 4.69) is 16.5 Å². The number of halogens is 2. The summed E-state index contributed by atoms with van der Waals surface area (Å²) in [5.74, 6) is 1.54. The van der Waals surface area contributed by atoms with E-state index in [0.29, 0.717) is 23.4 Å². The molecule has 1 fully saturated rings. The van der Waals surface area contributed by atoms with E-state index in [4.69, 9.17) is 11.6 Å². The minimum absolute atomic E-state index is 0.254. The minimum atomic E-state index is -0.254. The molecule has 1 aliphatic carbocycles. The van der Waals surface area contributed by atoms with Crippen LogP contribution in [0.5, 0.6) is 0 Å². The second-order valence-electron chi connectivity index (χ2n) is 6.01. The van der Waals surface area contributed by atoms with Crippen LogP contribution in [0.25, 0.3) is 11.0 Å². The molecular weight excluding hydrogens is 287 g/mol. The first-order chi connectivity index (χ1) is 10.3. The van der Waals surface area contributed by atoms with Crippen LogP contribution in [0.15, 0.2) is 18.2 Å². The molecule has 1 aliphatic rings. The van der Waals surface area contributed by atoms with Gasteiger partial charge in [0.1, 0.15) is 11.3 Å². The van der Waals surface area contributed by atoms with Crippen LogP contribution in [0.2, 0.25) is 0 Å². The predicted octanol–water partition coefficient (Wildman–Crippen LogP) is 5.45. The fraction of sp³-hybridized carbons (Fsp3) is 0.588. The maximum atomic E-state index is 14.0. The number of para-hydroxylation sites is 1. The van der Waals surface area contributed by atoms with Gasteiger partial charge in [-0.3, -0.25) is 0 Å². The Balaban J connectivity index is 2.09. The van der Waals surface area contributed by atoms with Gasteiger partial charge < -0.3 is 4.57 Å². The Hall–Kier alpha value is -1.09. The van der Waals surface area contributed by atoms with Crippen LogP contribution in [-0.4, -0.2) is 9.55 Å². The van der Waals surface area contributed by atoms with Crippen LogP contribution >= 0.6 is 11.6 Å². The fourth-order valence-corrected chi connectivity index (χ4v) is 4.03. The molecule has 0 radical (unpaired) electrons. The molecule has 1 heterocycles. The van der Waals surface area contributed by atoms with Gasteiger partial charge in [0.05, 0.1) is 11.4 Å². The summed E-state index contributed by atoms with van der Waals surface area (Å²) in [4.78, 5) is 4.45. The van der Waals surface area contributed by atoms with Crippen molar-refractivity contribution in [2.45, 2.75) is 57.4 Å². The van der Waals surface area contributed by atoms with E-state index in [1.165, 1.54) is 38.2 Å². The molecule has 3 rings (SSSR count). The highest BCUT2D eigenvalue weighted by atomic mass is 35.5. The Labute approximate surface area is 130 Å². The SMILES string of the molecule is CCC(C1CCCCC1)n1c(CCl)nc2c(F)cccc21. The number of fused-ring (bicyclic) bond motifs is 1. The fourth-order valence-electron chi connectivity index (χ4n) is 3.84. The Kier molecular flexibility index (Phi) is 4.48. The van der Waals surface area contributed by atoms with Crippen molar-refractivity contribution >= 4 is 22.6 Å². The van der Waals surface area contributed by atoms with Crippen molar-refractivity contribution in [3.63, 3.8) is 0 Å². The predicted molar refractivity (Wildman–Crippen MR) is 85.2 cm³/mol. The minimum Gasteiger partial charge on any atom is -0.323 e. The van der Waals surface area contributed by atoms with Crippen LogP contribution in [0.4, 0.5) is 4.39 Å². The largest absolute Gasteiger partial charge is 0.323 e. The van der Waals surface area contributed by atoms with Gasteiger partial charge in [-0.1, -0.05) is 32.3 Å². The van der Waals surface area contributed by atoms with E-state index in [1.54, 1.807) is 6.07 Å². The Morgan fingerprint density at radius 3 is 2.76 bits per heavy atom. The smallest absolute Gasteiger partial charge is 0.151 e. The number of benzene rings is 1. The molecule has 0 spiro atoms. The number of aromatic nitrogens is 2. The van der Waals surface area contributed by atoms with Crippen molar-refractivity contribution in [1.29, 1.82) is 0 Å². The molecule has 0 saturated heterocycles. The Bertz CT molecular complexity index is 617. The number of rotatable bonds is 4. The molecule has 0 amide bonds. The van der Waals surface area contributed by atoms with Gasteiger partial charge in [-0.15, -0.1) is 11.6 Å². The van der Waals surface area contributed by atoms with E-state index in [-0.39, 0.29) is 5.82 Å². The molecule has 2 nitrogen and oxygen atoms in total. The lowest BCUT2D eigenvalue weighted by molar-refractivity contribution is 0.244. The van der Waals surface area contributed by atoms with Gasteiger partial charge >= 0.3 is 0 Å². The van der Waals surface area contributed by atoms with Crippen LogP contribution < -0.4 is 0 Å². The maximum absolute atomic E-state index is 14.0. The standard InChI is InChI=1S/C17H22ClFN2/c1-2-14(12-7-4-3-5-8-12)21-15-10-6-9-13(19)17(15)20-16(21)11-18/h6,9-10,12,14H,2-5,7-8,11H2,1H3. The van der Waals surface area contributed by atoms with Crippen LogP contribution in [0, 0.1) is 11.7 Å². The Morgan fingerprint density at radius 1 is 1.33 bits per heavy atom. The zero-order chi connectivity index (χ0) is 14.8. The molecule has 114 valence electrons. The summed E-state index contributed by atoms with van der Waals surface area (Å²) < 4.78 is 16.2. The van der Waals surface area contributed by atoms with Crippen molar-refractivity contribution in [1.82, 2.24) is 9.55 Å². The summed E-state index contributed by atoms with van der Waals surface area (Å²) in [7, 11) is 0. The molecule has 1 aromatic carbocycles. The van der Waals surface area contributed by atoms with Gasteiger partial charge in [-0.25, -0.2) is 9.37 Å². The van der Waals surface area contributed by atoms with Crippen molar-refractivity contribution in [3.05, 3.63) is 29.8 Å². The lowest BCUT2D eigenvalue weighted by Crippen LogP contribution is -2.22. The monoisotopic (exact) mass is 308 g/mol. The molecular formula is C17H22ClFN2. The third-order valence-electron chi connectivity index (χ3n) is 4.81. The lowest BCUT2D eigenvalue weighted by Gasteiger charge is -2.32. The number of hydrogen-bond donors (Lipinski definition) is 0. The number of hydrogen-bond acceptors (Lipinski definition) is 1. The van der Waals surface area contributed by atoms with Crippen LogP contribution in [0.3, 0.4) is 0 Å². The van der Waals surface area contributed by atoms with Gasteiger partial charge in [-0.2, -0.15) is 0 Å². The summed E-state index contributed by atoms with van der Waals surface area (Å²) in [6.07, 6.45) is 7.51. The highest BCUT2D eigenvalue weighted by Crippen LogP contribution is 2.37. The third-order valence-corrected chi connectivity index (χ3v) is 5.05. The highest BCUT2D eigenvalue weighted by molar-refractivity contribution is 6.16. The van der Waals surface area contributed by atoms with Gasteiger partial charge in [-0.05, 0) is 37.3 Å². The topological polar surface area (TPSA) is 17.8 Å². The second kappa shape index (κ2) is 6.35. The normalized spacial score (nSPS) is 18.2. The molecule has 4 heteroatoms. The van der Waals surface area contributed by atoms with E-state index in [0.717, 1.165) is 17.8 Å². The first-order valence-corrected chi connectivity index (χ1v) is 8.51. The summed E-state index contributed by atoms with van der Waals surface area (Å²) in [6, 6.07) is 5.58. The molecule has 1 saturated carbocycles. The Morgan fingerprint density at radius 2 is 2.10 bits per heavy atom. The molecule has 1 unspecified atom stereocenters. The third kappa shape index (κ3) is 2.68. The second-order valence-corrected chi connectivity index (χ2v) is 6.28. The van der Waals surface area contributed by atoms with Crippen molar-refractivity contribution < 1.29 is 4.39 Å². The first kappa shape index (κ1) is 14.8. The van der Waals surface area contributed by atoms with Crippen LogP contribution in [0.1, 0.15) is 57.3 Å². The quantitative estimate of drug-likeness (QED) is 0.687. The summed E-state index contributed by atoms with van der Waals surface area (Å²) in [5.41, 5.74) is 1.35. The first-order valence-electron chi connectivity index (χ1n) is 7.97. The molecule has 1 aromatic heterocycles. The zero-order valence-corrected chi connectivity index (χ0v) is 13.2. The highest BCUT2D eigenvalue weighted by Gasteiger charge is 2.27. The summed E-state index contributed by atoms with van der Waals surface area (Å²) >= 11 is 6.09. The van der Waals surface area contributed by atoms with E-state index < -0.39 is 0 Å². The molecule has 2 aromatic rings. The average Bonchev–Trinajstić information content (AvgIpc) is 2.90. The van der Waals surface area contributed by atoms with Gasteiger partial charge in [0.15, 0.2) is 5.82 Å². The molecule has 21 heavy (non-hydrogen) atoms. The van der Waals surface area contributed by atoms with Gasteiger partial charge in [0.25, 0.3) is 0 Å². The number of imidazole rings is 1. The molecule has 1 atom stereocenters. The average molecular weight is 309 g/mol. The number of nitrogens with zero attached hydrogens (tertiary/aromatic N) is 2. The maximum Gasteiger partial charge on any atom is 0.151 e. The van der Waals surface area contributed by atoms with E-state index >= 15 is 0 Å². The van der Waals surface area contributed by atoms with Gasteiger partial charge in [0, 0.05) is 6.04 Å². The molecule has 0 N–H and O–H groups in total. The summed E-state index contributed by atoms with van der Waals surface area (Å²) in [6.45, 7) is 2.21.